The Balaban J connectivity index is 1.99. The van der Waals surface area contributed by atoms with Crippen molar-refractivity contribution in [3.8, 4) is 17.6 Å². The molecule has 0 aliphatic carbocycles. The molecule has 0 aliphatic heterocycles. The topological polar surface area (TPSA) is 104 Å². The van der Waals surface area contributed by atoms with E-state index >= 15 is 0 Å². The molecule has 0 aromatic carbocycles. The van der Waals surface area contributed by atoms with E-state index in [9.17, 15) is 0 Å². The molecule has 0 amide bonds. The van der Waals surface area contributed by atoms with E-state index < -0.39 is 0 Å². The molecule has 0 radical (unpaired) electrons. The first-order valence-electron chi connectivity index (χ1n) is 6.20. The van der Waals surface area contributed by atoms with Crippen LogP contribution in [-0.4, -0.2) is 31.2 Å². The summed E-state index contributed by atoms with van der Waals surface area (Å²) in [4.78, 5) is 12.5. The SMILES string of the molecule is CC(C)COc1nc(N)n2nc(-c3ccco3)nc2n1. The van der Waals surface area contributed by atoms with Crippen LogP contribution in [0.5, 0.6) is 6.01 Å². The Bertz CT molecular complexity index is 719. The number of furan rings is 1. The molecule has 0 unspecified atom stereocenters. The first kappa shape index (κ1) is 12.4. The summed E-state index contributed by atoms with van der Waals surface area (Å²) in [6.45, 7) is 4.58. The van der Waals surface area contributed by atoms with E-state index in [0.29, 0.717) is 29.9 Å². The maximum Gasteiger partial charge on any atom is 0.323 e. The number of nitrogens with two attached hydrogens (primary N) is 1. The number of anilines is 1. The van der Waals surface area contributed by atoms with E-state index in [4.69, 9.17) is 14.9 Å². The summed E-state index contributed by atoms with van der Waals surface area (Å²) < 4.78 is 12.0. The van der Waals surface area contributed by atoms with Gasteiger partial charge in [0.1, 0.15) is 0 Å². The van der Waals surface area contributed by atoms with Crippen molar-refractivity contribution in [2.45, 2.75) is 13.8 Å². The van der Waals surface area contributed by atoms with Gasteiger partial charge in [0.25, 0.3) is 5.78 Å². The minimum atomic E-state index is 0.166. The normalized spacial score (nSPS) is 11.3. The molecule has 0 saturated heterocycles. The average Bonchev–Trinajstić information content (AvgIpc) is 3.04. The van der Waals surface area contributed by atoms with Crippen LogP contribution in [-0.2, 0) is 0 Å². The lowest BCUT2D eigenvalue weighted by Crippen LogP contribution is -2.10. The summed E-state index contributed by atoms with van der Waals surface area (Å²) in [5, 5.41) is 4.20. The third kappa shape index (κ3) is 2.27. The number of ether oxygens (including phenoxy) is 1. The molecule has 3 aromatic rings. The summed E-state index contributed by atoms with van der Waals surface area (Å²) in [5.41, 5.74) is 5.83. The van der Waals surface area contributed by atoms with Gasteiger partial charge in [0.05, 0.1) is 12.9 Å². The Morgan fingerprint density at radius 1 is 1.35 bits per heavy atom. The first-order valence-corrected chi connectivity index (χ1v) is 6.20. The number of nitrogen functional groups attached to an aromatic ring is 1. The van der Waals surface area contributed by atoms with Gasteiger partial charge in [-0.25, -0.2) is 0 Å². The average molecular weight is 274 g/mol. The van der Waals surface area contributed by atoms with Gasteiger partial charge in [0, 0.05) is 0 Å². The second-order valence-electron chi connectivity index (χ2n) is 4.69. The van der Waals surface area contributed by atoms with Crippen LogP contribution < -0.4 is 10.5 Å². The zero-order chi connectivity index (χ0) is 14.1. The number of rotatable bonds is 4. The minimum Gasteiger partial charge on any atom is -0.463 e. The maximum absolute atomic E-state index is 5.83. The van der Waals surface area contributed by atoms with Gasteiger partial charge in [-0.05, 0) is 18.1 Å². The zero-order valence-corrected chi connectivity index (χ0v) is 11.1. The van der Waals surface area contributed by atoms with E-state index in [-0.39, 0.29) is 12.0 Å². The van der Waals surface area contributed by atoms with Crippen molar-refractivity contribution in [2.75, 3.05) is 12.3 Å². The van der Waals surface area contributed by atoms with Crippen LogP contribution >= 0.6 is 0 Å². The van der Waals surface area contributed by atoms with Crippen LogP contribution in [0, 0.1) is 5.92 Å². The summed E-state index contributed by atoms with van der Waals surface area (Å²) in [6.07, 6.45) is 1.55. The van der Waals surface area contributed by atoms with Crippen LogP contribution in [0.25, 0.3) is 17.4 Å². The number of hydrogen-bond acceptors (Lipinski definition) is 7. The molecule has 8 heteroatoms. The van der Waals surface area contributed by atoms with Crippen LogP contribution in [0.4, 0.5) is 5.95 Å². The summed E-state index contributed by atoms with van der Waals surface area (Å²) in [6, 6.07) is 3.71. The van der Waals surface area contributed by atoms with Gasteiger partial charge in [-0.2, -0.15) is 19.5 Å². The highest BCUT2D eigenvalue weighted by Gasteiger charge is 2.14. The fourth-order valence-electron chi connectivity index (χ4n) is 1.60. The van der Waals surface area contributed by atoms with Crippen molar-refractivity contribution >= 4 is 11.7 Å². The fourth-order valence-corrected chi connectivity index (χ4v) is 1.60. The Morgan fingerprint density at radius 3 is 2.90 bits per heavy atom. The molecule has 0 saturated carbocycles. The third-order valence-electron chi connectivity index (χ3n) is 2.50. The monoisotopic (exact) mass is 274 g/mol. The lowest BCUT2D eigenvalue weighted by Gasteiger charge is -2.06. The zero-order valence-electron chi connectivity index (χ0n) is 11.1. The van der Waals surface area contributed by atoms with Gasteiger partial charge in [0.2, 0.25) is 11.8 Å². The molecule has 0 spiro atoms. The quantitative estimate of drug-likeness (QED) is 0.766. The maximum atomic E-state index is 5.83. The number of nitrogens with zero attached hydrogens (tertiary/aromatic N) is 5. The molecular weight excluding hydrogens is 260 g/mol. The second-order valence-corrected chi connectivity index (χ2v) is 4.69. The molecule has 2 N–H and O–H groups in total. The molecule has 20 heavy (non-hydrogen) atoms. The summed E-state index contributed by atoms with van der Waals surface area (Å²) in [5.74, 6) is 1.80. The lowest BCUT2D eigenvalue weighted by molar-refractivity contribution is 0.251. The second kappa shape index (κ2) is 4.80. The lowest BCUT2D eigenvalue weighted by atomic mass is 10.2. The van der Waals surface area contributed by atoms with Gasteiger partial charge in [-0.1, -0.05) is 13.8 Å². The smallest absolute Gasteiger partial charge is 0.323 e. The fraction of sp³-hybridized carbons (Fsp3) is 0.333. The molecule has 8 nitrogen and oxygen atoms in total. The van der Waals surface area contributed by atoms with E-state index in [0.717, 1.165) is 0 Å². The van der Waals surface area contributed by atoms with Crippen LogP contribution in [0.1, 0.15) is 13.8 Å². The van der Waals surface area contributed by atoms with Crippen molar-refractivity contribution in [1.29, 1.82) is 0 Å². The van der Waals surface area contributed by atoms with Gasteiger partial charge in [-0.3, -0.25) is 0 Å². The van der Waals surface area contributed by atoms with Gasteiger partial charge in [0.15, 0.2) is 5.76 Å². The number of aromatic nitrogens is 5. The van der Waals surface area contributed by atoms with Gasteiger partial charge < -0.3 is 14.9 Å². The van der Waals surface area contributed by atoms with Gasteiger partial charge >= 0.3 is 6.01 Å². The molecule has 0 fully saturated rings. The molecular formula is C12H14N6O2. The predicted octanol–water partition coefficient (Wildman–Crippen LogP) is 1.40. The third-order valence-corrected chi connectivity index (χ3v) is 2.50. The van der Waals surface area contributed by atoms with E-state index in [1.165, 1.54) is 4.52 Å². The minimum absolute atomic E-state index is 0.166. The van der Waals surface area contributed by atoms with Gasteiger partial charge in [-0.15, -0.1) is 5.10 Å². The first-order chi connectivity index (χ1) is 9.63. The molecule has 0 aliphatic rings. The Labute approximate surface area is 114 Å². The standard InChI is InChI=1S/C12H14N6O2/c1-7(2)6-20-12-15-10(13)18-11(16-12)14-9(17-18)8-4-3-5-19-8/h3-5,7H,6H2,1-2H3,(H2,13,14,15,16,17). The van der Waals surface area contributed by atoms with Crippen molar-refractivity contribution in [3.05, 3.63) is 18.4 Å². The summed E-state index contributed by atoms with van der Waals surface area (Å²) in [7, 11) is 0. The molecule has 3 heterocycles. The Hall–Kier alpha value is -2.64. The molecule has 3 rings (SSSR count). The highest BCUT2D eigenvalue weighted by molar-refractivity contribution is 5.51. The predicted molar refractivity (Wildman–Crippen MR) is 71.0 cm³/mol. The van der Waals surface area contributed by atoms with Crippen LogP contribution in [0.15, 0.2) is 22.8 Å². The molecule has 104 valence electrons. The van der Waals surface area contributed by atoms with Crippen molar-refractivity contribution < 1.29 is 9.15 Å². The largest absolute Gasteiger partial charge is 0.463 e. The Morgan fingerprint density at radius 2 is 2.20 bits per heavy atom. The highest BCUT2D eigenvalue weighted by Crippen LogP contribution is 2.18. The highest BCUT2D eigenvalue weighted by atomic mass is 16.5. The van der Waals surface area contributed by atoms with Crippen LogP contribution in [0.2, 0.25) is 0 Å². The number of fused-ring (bicyclic) bond motifs is 1. The molecule has 0 atom stereocenters. The van der Waals surface area contributed by atoms with Crippen LogP contribution in [0.3, 0.4) is 0 Å². The number of hydrogen-bond donors (Lipinski definition) is 1. The Kier molecular flexibility index (Phi) is 2.97. The summed E-state index contributed by atoms with van der Waals surface area (Å²) >= 11 is 0. The van der Waals surface area contributed by atoms with Crippen molar-refractivity contribution in [3.63, 3.8) is 0 Å². The van der Waals surface area contributed by atoms with E-state index in [1.807, 2.05) is 13.8 Å². The van der Waals surface area contributed by atoms with E-state index in [1.54, 1.807) is 18.4 Å². The molecule has 0 bridgehead atoms. The molecule has 3 aromatic heterocycles. The van der Waals surface area contributed by atoms with E-state index in [2.05, 4.69) is 20.1 Å². The van der Waals surface area contributed by atoms with Crippen molar-refractivity contribution in [2.24, 2.45) is 5.92 Å². The van der Waals surface area contributed by atoms with Crippen molar-refractivity contribution in [1.82, 2.24) is 24.6 Å².